The first-order valence-corrected chi connectivity index (χ1v) is 12.6. The first-order chi connectivity index (χ1) is 18.3. The van der Waals surface area contributed by atoms with Crippen molar-refractivity contribution < 1.29 is 9.67 Å². The molecule has 0 aliphatic heterocycles. The molecular weight excluding hydrogens is 450 g/mol. The summed E-state index contributed by atoms with van der Waals surface area (Å²) in [6.07, 6.45) is 8.23. The molecule has 5 rings (SSSR count). The third-order valence-electron chi connectivity index (χ3n) is 6.38. The van der Waals surface area contributed by atoms with Gasteiger partial charge in [0.15, 0.2) is 18.9 Å². The predicted octanol–water partition coefficient (Wildman–Crippen LogP) is 7.14. The van der Waals surface area contributed by atoms with Crippen molar-refractivity contribution in [1.29, 1.82) is 0 Å². The van der Waals surface area contributed by atoms with Crippen molar-refractivity contribution in [2.45, 2.75) is 6.54 Å². The van der Waals surface area contributed by atoms with Gasteiger partial charge in [0, 0.05) is 12.1 Å². The minimum Gasteiger partial charge on any atom is -0.390 e. The van der Waals surface area contributed by atoms with E-state index in [0.29, 0.717) is 6.54 Å². The van der Waals surface area contributed by atoms with Crippen molar-refractivity contribution in [3.8, 4) is 0 Å². The maximum Gasteiger partial charge on any atom is 0.171 e. The Hall–Kier alpha value is -4.53. The monoisotopic (exact) mass is 480 g/mol. The van der Waals surface area contributed by atoms with Crippen LogP contribution in [-0.4, -0.2) is 11.7 Å². The molecular formula is C35H30NO+. The molecule has 5 aromatic rings. The highest BCUT2D eigenvalue weighted by Crippen LogP contribution is 2.36. The van der Waals surface area contributed by atoms with Gasteiger partial charge >= 0.3 is 0 Å². The van der Waals surface area contributed by atoms with E-state index in [-0.39, 0.29) is 6.61 Å². The van der Waals surface area contributed by atoms with Crippen LogP contribution in [0.25, 0.3) is 23.3 Å². The Morgan fingerprint density at radius 3 is 1.27 bits per heavy atom. The van der Waals surface area contributed by atoms with Crippen LogP contribution in [0.15, 0.2) is 140 Å². The van der Waals surface area contributed by atoms with Crippen molar-refractivity contribution in [1.82, 2.24) is 0 Å². The molecule has 1 heterocycles. The van der Waals surface area contributed by atoms with E-state index in [9.17, 15) is 0 Å². The van der Waals surface area contributed by atoms with Crippen LogP contribution < -0.4 is 4.57 Å². The Morgan fingerprint density at radius 1 is 0.486 bits per heavy atom. The molecule has 2 nitrogen and oxygen atoms in total. The van der Waals surface area contributed by atoms with Crippen molar-refractivity contribution in [3.05, 3.63) is 173 Å². The average Bonchev–Trinajstić information content (AvgIpc) is 2.97. The van der Waals surface area contributed by atoms with Crippen molar-refractivity contribution in [2.24, 2.45) is 0 Å². The molecule has 4 aromatic carbocycles. The van der Waals surface area contributed by atoms with Crippen LogP contribution in [0.4, 0.5) is 0 Å². The third kappa shape index (κ3) is 6.00. The minimum atomic E-state index is 0.141. The van der Waals surface area contributed by atoms with E-state index in [1.54, 1.807) is 0 Å². The Bertz CT molecular complexity index is 1430. The Labute approximate surface area is 219 Å². The largest absolute Gasteiger partial charge is 0.390 e. The number of hydrogen-bond donors (Lipinski definition) is 1. The summed E-state index contributed by atoms with van der Waals surface area (Å²) < 4.78 is 1.97. The molecule has 2 heteroatoms. The van der Waals surface area contributed by atoms with Crippen LogP contribution in [0, 0.1) is 0 Å². The minimum absolute atomic E-state index is 0.141. The second-order valence-corrected chi connectivity index (χ2v) is 8.90. The Morgan fingerprint density at radius 2 is 0.865 bits per heavy atom. The number of benzene rings is 4. The van der Waals surface area contributed by atoms with E-state index >= 15 is 0 Å². The van der Waals surface area contributed by atoms with Gasteiger partial charge in [0.05, 0.1) is 0 Å². The summed E-state index contributed by atoms with van der Waals surface area (Å²) in [4.78, 5) is 0. The molecule has 180 valence electrons. The molecule has 0 saturated heterocycles. The van der Waals surface area contributed by atoms with Crippen molar-refractivity contribution >= 4 is 23.3 Å². The molecule has 0 radical (unpaired) electrons. The molecule has 1 N–H and O–H groups in total. The lowest BCUT2D eigenvalue weighted by Gasteiger charge is -2.18. The van der Waals surface area contributed by atoms with Crippen molar-refractivity contribution in [3.63, 3.8) is 0 Å². The van der Waals surface area contributed by atoms with Crippen molar-refractivity contribution in [2.75, 3.05) is 6.61 Å². The van der Waals surface area contributed by atoms with Crippen LogP contribution in [0.3, 0.4) is 0 Å². The normalized spacial score (nSPS) is 10.9. The molecule has 37 heavy (non-hydrogen) atoms. The summed E-state index contributed by atoms with van der Waals surface area (Å²) in [6.45, 7) is 0.749. The van der Waals surface area contributed by atoms with E-state index < -0.39 is 0 Å². The second kappa shape index (κ2) is 11.9. The molecule has 0 aliphatic carbocycles. The van der Waals surface area contributed by atoms with Crippen LogP contribution >= 0.6 is 0 Å². The average molecular weight is 481 g/mol. The maximum atomic E-state index is 9.10. The zero-order valence-corrected chi connectivity index (χ0v) is 20.7. The maximum absolute atomic E-state index is 9.10. The highest BCUT2D eigenvalue weighted by molar-refractivity contribution is 6.04. The van der Waals surface area contributed by atoms with Gasteiger partial charge in [-0.05, 0) is 44.5 Å². The molecule has 0 unspecified atom stereocenters. The fourth-order valence-corrected chi connectivity index (χ4v) is 4.52. The third-order valence-corrected chi connectivity index (χ3v) is 6.38. The first kappa shape index (κ1) is 24.2. The van der Waals surface area contributed by atoms with Gasteiger partial charge in [-0.1, -0.05) is 127 Å². The van der Waals surface area contributed by atoms with Gasteiger partial charge in [-0.2, -0.15) is 0 Å². The summed E-state index contributed by atoms with van der Waals surface area (Å²) >= 11 is 0. The Balaban J connectivity index is 1.56. The molecule has 0 atom stereocenters. The summed E-state index contributed by atoms with van der Waals surface area (Å²) in [5, 5.41) is 9.10. The van der Waals surface area contributed by atoms with Gasteiger partial charge in [0.25, 0.3) is 0 Å². The van der Waals surface area contributed by atoms with E-state index in [0.717, 1.165) is 11.1 Å². The highest BCUT2D eigenvalue weighted by atomic mass is 16.3. The Kier molecular flexibility index (Phi) is 7.80. The number of aliphatic hydroxyl groups is 1. The fourth-order valence-electron chi connectivity index (χ4n) is 4.52. The van der Waals surface area contributed by atoms with E-state index in [1.165, 1.54) is 33.4 Å². The SMILES string of the molecule is OCC[n+]1ccc(C=Cc2ccc(C(=C(c3ccccc3)c3ccccc3)c3ccccc3)cc2)cc1. The summed E-state index contributed by atoms with van der Waals surface area (Å²) in [7, 11) is 0. The van der Waals surface area contributed by atoms with Gasteiger partial charge in [-0.3, -0.25) is 0 Å². The number of nitrogens with zero attached hydrogens (tertiary/aromatic N) is 1. The van der Waals surface area contributed by atoms with E-state index in [4.69, 9.17) is 5.11 Å². The van der Waals surface area contributed by atoms with Gasteiger partial charge < -0.3 is 5.11 Å². The zero-order valence-electron chi connectivity index (χ0n) is 20.7. The van der Waals surface area contributed by atoms with Gasteiger partial charge in [-0.25, -0.2) is 4.57 Å². The topological polar surface area (TPSA) is 24.1 Å². The lowest BCUT2D eigenvalue weighted by Crippen LogP contribution is -2.34. The first-order valence-electron chi connectivity index (χ1n) is 12.6. The molecule has 0 amide bonds. The number of hydrogen-bond acceptors (Lipinski definition) is 1. The van der Waals surface area contributed by atoms with Crippen LogP contribution in [0.1, 0.15) is 33.4 Å². The second-order valence-electron chi connectivity index (χ2n) is 8.90. The highest BCUT2D eigenvalue weighted by Gasteiger charge is 2.15. The summed E-state index contributed by atoms with van der Waals surface area (Å²) in [5.41, 5.74) is 9.45. The zero-order chi connectivity index (χ0) is 25.3. The standard InChI is InChI=1S/C35H30NO/c37-27-26-36-24-22-29(23-25-36)17-16-28-18-20-33(21-19-28)35(32-14-8-3-9-15-32)34(30-10-4-1-5-11-30)31-12-6-2-7-13-31/h1-25,37H,26-27H2/q+1. The quantitative estimate of drug-likeness (QED) is 0.185. The number of rotatable bonds is 8. The molecule has 0 saturated carbocycles. The van der Waals surface area contributed by atoms with E-state index in [1.807, 2.05) is 17.0 Å². The molecule has 0 fully saturated rings. The van der Waals surface area contributed by atoms with Crippen LogP contribution in [0.2, 0.25) is 0 Å². The molecule has 0 spiro atoms. The molecule has 0 aliphatic rings. The fraction of sp³-hybridized carbons (Fsp3) is 0.0571. The summed E-state index contributed by atoms with van der Waals surface area (Å²) in [5.74, 6) is 0. The lowest BCUT2D eigenvalue weighted by molar-refractivity contribution is -0.698. The van der Waals surface area contributed by atoms with Gasteiger partial charge in [0.1, 0.15) is 6.61 Å². The summed E-state index contributed by atoms with van der Waals surface area (Å²) in [6, 6.07) is 44.8. The van der Waals surface area contributed by atoms with Gasteiger partial charge in [0.2, 0.25) is 0 Å². The predicted molar refractivity (Wildman–Crippen MR) is 153 cm³/mol. The number of aromatic nitrogens is 1. The van der Waals surface area contributed by atoms with E-state index in [2.05, 4.69) is 140 Å². The molecule has 0 bridgehead atoms. The lowest BCUT2D eigenvalue weighted by atomic mass is 9.85. The van der Waals surface area contributed by atoms with Crippen LogP contribution in [0.5, 0.6) is 0 Å². The molecule has 1 aromatic heterocycles. The smallest absolute Gasteiger partial charge is 0.171 e. The van der Waals surface area contributed by atoms with Crippen LogP contribution in [-0.2, 0) is 6.54 Å². The number of pyridine rings is 1. The number of aliphatic hydroxyl groups excluding tert-OH is 1. The van der Waals surface area contributed by atoms with Gasteiger partial charge in [-0.15, -0.1) is 0 Å².